The highest BCUT2D eigenvalue weighted by atomic mass is 14.3. The quantitative estimate of drug-likeness (QED) is 0.144. The second-order valence-electron chi connectivity index (χ2n) is 14.6. The van der Waals surface area contributed by atoms with E-state index in [4.69, 9.17) is 0 Å². The maximum atomic E-state index is 2.48. The van der Waals surface area contributed by atoms with Crippen molar-refractivity contribution in [3.8, 4) is 22.3 Å². The van der Waals surface area contributed by atoms with Gasteiger partial charge in [-0.15, -0.1) is 0 Å². The molecule has 8 aromatic rings. The summed E-state index contributed by atoms with van der Waals surface area (Å²) in [5, 5.41) is 13.2. The SMILES string of the molecule is CC(C)(C)c1ccc2c(-c3ccc4ccc5cccc6ccc3c4c56)c3cc(C(C)(C)C)ccc3c(-c3ccccc3)c2c1. The largest absolute Gasteiger partial charge is 0.0622 e. The van der Waals surface area contributed by atoms with Crippen LogP contribution in [0.15, 0.2) is 121 Å². The molecule has 8 aromatic carbocycles. The second kappa shape index (κ2) is 9.41. The molecule has 0 nitrogen and oxygen atoms in total. The fourth-order valence-electron chi connectivity index (χ4n) is 7.32. The minimum Gasteiger partial charge on any atom is -0.0622 e. The van der Waals surface area contributed by atoms with E-state index >= 15 is 0 Å². The summed E-state index contributed by atoms with van der Waals surface area (Å²) in [4.78, 5) is 0. The van der Waals surface area contributed by atoms with Crippen LogP contribution >= 0.6 is 0 Å². The molecule has 0 fully saturated rings. The summed E-state index contributed by atoms with van der Waals surface area (Å²) in [6.45, 7) is 13.9. The predicted octanol–water partition coefficient (Wildman–Crippen LogP) is 12.8. The van der Waals surface area contributed by atoms with Gasteiger partial charge in [-0.05, 0) is 110 Å². The van der Waals surface area contributed by atoms with Crippen LogP contribution in [0, 0.1) is 0 Å². The maximum absolute atomic E-state index is 2.48. The summed E-state index contributed by atoms with van der Waals surface area (Å²) in [6, 6.07) is 46.0. The zero-order chi connectivity index (χ0) is 30.4. The third-order valence-corrected chi connectivity index (χ3v) is 9.71. The first-order valence-corrected chi connectivity index (χ1v) is 15.9. The van der Waals surface area contributed by atoms with Crippen molar-refractivity contribution in [2.24, 2.45) is 0 Å². The van der Waals surface area contributed by atoms with Crippen LogP contribution in [0.25, 0.3) is 76.1 Å². The van der Waals surface area contributed by atoms with E-state index in [0.717, 1.165) is 0 Å². The number of rotatable bonds is 2. The van der Waals surface area contributed by atoms with E-state index in [1.807, 2.05) is 0 Å². The highest BCUT2D eigenvalue weighted by Crippen LogP contribution is 2.48. The molecule has 0 atom stereocenters. The summed E-state index contributed by atoms with van der Waals surface area (Å²) >= 11 is 0. The molecule has 0 heteroatoms. The Kier molecular flexibility index (Phi) is 5.75. The monoisotopic (exact) mass is 566 g/mol. The molecule has 0 bridgehead atoms. The molecular formula is C44H38. The van der Waals surface area contributed by atoms with Gasteiger partial charge in [0.25, 0.3) is 0 Å². The topological polar surface area (TPSA) is 0 Å². The Bertz CT molecular complexity index is 2360. The zero-order valence-corrected chi connectivity index (χ0v) is 26.5. The molecule has 0 aliphatic rings. The van der Waals surface area contributed by atoms with Crippen LogP contribution in [0.3, 0.4) is 0 Å². The second-order valence-corrected chi connectivity index (χ2v) is 14.6. The lowest BCUT2D eigenvalue weighted by atomic mass is 9.78. The Morgan fingerprint density at radius 2 is 0.864 bits per heavy atom. The molecule has 0 radical (unpaired) electrons. The molecule has 0 aromatic heterocycles. The van der Waals surface area contributed by atoms with Gasteiger partial charge >= 0.3 is 0 Å². The molecule has 44 heavy (non-hydrogen) atoms. The van der Waals surface area contributed by atoms with Crippen LogP contribution in [-0.4, -0.2) is 0 Å². The molecule has 0 aliphatic carbocycles. The van der Waals surface area contributed by atoms with Crippen molar-refractivity contribution in [3.63, 3.8) is 0 Å². The Balaban J connectivity index is 1.61. The molecule has 0 N–H and O–H groups in total. The number of hydrogen-bond donors (Lipinski definition) is 0. The van der Waals surface area contributed by atoms with Crippen LogP contribution in [-0.2, 0) is 10.8 Å². The molecule has 0 unspecified atom stereocenters. The van der Waals surface area contributed by atoms with Gasteiger partial charge < -0.3 is 0 Å². The summed E-state index contributed by atoms with van der Waals surface area (Å²) < 4.78 is 0. The van der Waals surface area contributed by atoms with Gasteiger partial charge in [0, 0.05) is 0 Å². The van der Waals surface area contributed by atoms with Crippen molar-refractivity contribution in [2.45, 2.75) is 52.4 Å². The zero-order valence-electron chi connectivity index (χ0n) is 26.5. The average Bonchev–Trinajstić information content (AvgIpc) is 3.01. The highest BCUT2D eigenvalue weighted by Gasteiger charge is 2.24. The summed E-state index contributed by atoms with van der Waals surface area (Å²) in [5.74, 6) is 0. The third kappa shape index (κ3) is 4.05. The van der Waals surface area contributed by atoms with Gasteiger partial charge in [-0.1, -0.05) is 151 Å². The van der Waals surface area contributed by atoms with Crippen molar-refractivity contribution in [1.82, 2.24) is 0 Å². The van der Waals surface area contributed by atoms with Crippen LogP contribution in [0.1, 0.15) is 52.7 Å². The minimum atomic E-state index is 0.0338. The minimum absolute atomic E-state index is 0.0338. The van der Waals surface area contributed by atoms with Gasteiger partial charge in [0.15, 0.2) is 0 Å². The van der Waals surface area contributed by atoms with Crippen molar-refractivity contribution in [1.29, 1.82) is 0 Å². The molecular weight excluding hydrogens is 528 g/mol. The third-order valence-electron chi connectivity index (χ3n) is 9.71. The van der Waals surface area contributed by atoms with E-state index in [1.165, 1.54) is 87.2 Å². The summed E-state index contributed by atoms with van der Waals surface area (Å²) in [5.41, 5.74) is 8.01. The number of fused-ring (bicyclic) bond motifs is 2. The summed E-state index contributed by atoms with van der Waals surface area (Å²) in [7, 11) is 0. The number of hydrogen-bond acceptors (Lipinski definition) is 0. The van der Waals surface area contributed by atoms with Crippen molar-refractivity contribution in [2.75, 3.05) is 0 Å². The molecule has 0 saturated heterocycles. The van der Waals surface area contributed by atoms with E-state index in [1.54, 1.807) is 0 Å². The van der Waals surface area contributed by atoms with Crippen LogP contribution in [0.4, 0.5) is 0 Å². The fraction of sp³-hybridized carbons (Fsp3) is 0.182. The van der Waals surface area contributed by atoms with Gasteiger partial charge in [-0.25, -0.2) is 0 Å². The average molecular weight is 567 g/mol. The molecule has 0 aliphatic heterocycles. The Morgan fingerprint density at radius 3 is 1.48 bits per heavy atom. The molecule has 8 rings (SSSR count). The van der Waals surface area contributed by atoms with Crippen LogP contribution in [0.5, 0.6) is 0 Å². The van der Waals surface area contributed by atoms with Gasteiger partial charge in [0.1, 0.15) is 0 Å². The first-order chi connectivity index (χ1) is 21.1. The van der Waals surface area contributed by atoms with Crippen LogP contribution < -0.4 is 0 Å². The Hall–Kier alpha value is -4.68. The van der Waals surface area contributed by atoms with Crippen molar-refractivity contribution in [3.05, 3.63) is 132 Å². The standard InChI is InChI=1S/C44H38/c1-43(2,3)31-20-24-36-37(25-31)40(27-11-8-7-9-12-27)35-23-19-32(44(4,5)6)26-38(35)42(36)34-22-18-30-16-15-28-13-10-14-29-17-21-33(34)41(30)39(28)29/h7-26H,1-6H3. The van der Waals surface area contributed by atoms with Crippen LogP contribution in [0.2, 0.25) is 0 Å². The highest BCUT2D eigenvalue weighted by molar-refractivity contribution is 6.29. The Labute approximate surface area is 260 Å². The lowest BCUT2D eigenvalue weighted by Gasteiger charge is -2.25. The smallest absolute Gasteiger partial charge is 0.00200 e. The first-order valence-electron chi connectivity index (χ1n) is 15.9. The molecule has 0 heterocycles. The fourth-order valence-corrected chi connectivity index (χ4v) is 7.32. The van der Waals surface area contributed by atoms with Gasteiger partial charge in [0.05, 0.1) is 0 Å². The number of benzene rings is 8. The van der Waals surface area contributed by atoms with Crippen molar-refractivity contribution < 1.29 is 0 Å². The molecule has 0 spiro atoms. The lowest BCUT2D eigenvalue weighted by molar-refractivity contribution is 0.590. The Morgan fingerprint density at radius 1 is 0.364 bits per heavy atom. The van der Waals surface area contributed by atoms with E-state index in [0.29, 0.717) is 0 Å². The van der Waals surface area contributed by atoms with Gasteiger partial charge in [0.2, 0.25) is 0 Å². The predicted molar refractivity (Wildman–Crippen MR) is 193 cm³/mol. The molecule has 0 saturated carbocycles. The van der Waals surface area contributed by atoms with E-state index < -0.39 is 0 Å². The molecule has 214 valence electrons. The van der Waals surface area contributed by atoms with E-state index in [-0.39, 0.29) is 10.8 Å². The van der Waals surface area contributed by atoms with Gasteiger partial charge in [-0.3, -0.25) is 0 Å². The summed E-state index contributed by atoms with van der Waals surface area (Å²) in [6.07, 6.45) is 0. The van der Waals surface area contributed by atoms with E-state index in [9.17, 15) is 0 Å². The maximum Gasteiger partial charge on any atom is -0.00200 e. The molecule has 0 amide bonds. The van der Waals surface area contributed by atoms with E-state index in [2.05, 4.69) is 163 Å². The lowest BCUT2D eigenvalue weighted by Crippen LogP contribution is -2.11. The van der Waals surface area contributed by atoms with Crippen molar-refractivity contribution >= 4 is 53.9 Å². The normalized spacial score (nSPS) is 12.8. The first kappa shape index (κ1) is 26.9. The van der Waals surface area contributed by atoms with Gasteiger partial charge in [-0.2, -0.15) is 0 Å².